The highest BCUT2D eigenvalue weighted by Gasteiger charge is 2.37. The van der Waals surface area contributed by atoms with Crippen molar-refractivity contribution in [1.82, 2.24) is 4.31 Å². The van der Waals surface area contributed by atoms with Crippen molar-refractivity contribution in [1.29, 1.82) is 0 Å². The molecule has 0 saturated carbocycles. The van der Waals surface area contributed by atoms with Gasteiger partial charge in [-0.05, 0) is 24.6 Å². The number of halogens is 2. The first-order valence-corrected chi connectivity index (χ1v) is 8.50. The largest absolute Gasteiger partial charge is 0.469 e. The summed E-state index contributed by atoms with van der Waals surface area (Å²) in [4.78, 5) is 11.5. The molecule has 1 unspecified atom stereocenters. The zero-order chi connectivity index (χ0) is 14.9. The Morgan fingerprint density at radius 2 is 2.20 bits per heavy atom. The Hall–Kier alpha value is -0.630. The van der Waals surface area contributed by atoms with E-state index < -0.39 is 15.9 Å². The van der Waals surface area contributed by atoms with Gasteiger partial charge in [-0.2, -0.15) is 4.31 Å². The second-order valence-corrected chi connectivity index (χ2v) is 7.68. The smallest absolute Gasteiger partial charge is 0.310 e. The minimum Gasteiger partial charge on any atom is -0.469 e. The van der Waals surface area contributed by atoms with Crippen LogP contribution in [0.4, 0.5) is 0 Å². The summed E-state index contributed by atoms with van der Waals surface area (Å²) in [6.07, 6.45) is 0.458. The lowest BCUT2D eigenvalue weighted by Gasteiger charge is -2.17. The molecule has 1 aromatic rings. The number of carbonyl (C=O) groups excluding carboxylic acids is 1. The molecule has 1 fully saturated rings. The molecule has 1 aliphatic heterocycles. The predicted octanol–water partition coefficient (Wildman–Crippen LogP) is 2.29. The second-order valence-electron chi connectivity index (χ2n) is 4.45. The molecule has 0 bridgehead atoms. The minimum atomic E-state index is -3.69. The number of hydrogen-bond donors (Lipinski definition) is 0. The average Bonchev–Trinajstić information content (AvgIpc) is 2.87. The zero-order valence-corrected chi connectivity index (χ0v) is 13.8. The highest BCUT2D eigenvalue weighted by atomic mass is 79.9. The molecule has 110 valence electrons. The van der Waals surface area contributed by atoms with E-state index in [1.54, 1.807) is 6.07 Å². The van der Waals surface area contributed by atoms with Gasteiger partial charge >= 0.3 is 5.97 Å². The second kappa shape index (κ2) is 6.01. The number of sulfonamides is 1. The molecule has 20 heavy (non-hydrogen) atoms. The van der Waals surface area contributed by atoms with Crippen LogP contribution in [0.5, 0.6) is 0 Å². The summed E-state index contributed by atoms with van der Waals surface area (Å²) in [7, 11) is -2.39. The molecule has 0 aliphatic carbocycles. The molecule has 1 atom stereocenters. The van der Waals surface area contributed by atoms with Crippen LogP contribution in [-0.4, -0.2) is 38.9 Å². The molecular weight excluding hydrogens is 370 g/mol. The molecule has 0 N–H and O–H groups in total. The Bertz CT molecular complexity index is 634. The molecule has 1 saturated heterocycles. The van der Waals surface area contributed by atoms with Crippen LogP contribution in [0, 0.1) is 5.92 Å². The van der Waals surface area contributed by atoms with Crippen LogP contribution in [0.2, 0.25) is 5.02 Å². The highest BCUT2D eigenvalue weighted by Crippen LogP contribution is 2.30. The van der Waals surface area contributed by atoms with Crippen molar-refractivity contribution >= 4 is 43.5 Å². The van der Waals surface area contributed by atoms with Crippen molar-refractivity contribution < 1.29 is 17.9 Å². The van der Waals surface area contributed by atoms with Crippen LogP contribution in [-0.2, 0) is 19.6 Å². The molecule has 5 nitrogen and oxygen atoms in total. The highest BCUT2D eigenvalue weighted by molar-refractivity contribution is 9.10. The van der Waals surface area contributed by atoms with Gasteiger partial charge in [-0.1, -0.05) is 27.5 Å². The monoisotopic (exact) mass is 381 g/mol. The summed E-state index contributed by atoms with van der Waals surface area (Å²) >= 11 is 9.22. The Morgan fingerprint density at radius 3 is 2.80 bits per heavy atom. The van der Waals surface area contributed by atoms with E-state index in [2.05, 4.69) is 20.7 Å². The fraction of sp³-hybridized carbons (Fsp3) is 0.417. The van der Waals surface area contributed by atoms with Gasteiger partial charge in [0.1, 0.15) is 4.90 Å². The normalized spacial score (nSPS) is 20.1. The van der Waals surface area contributed by atoms with E-state index in [4.69, 9.17) is 11.6 Å². The molecular formula is C12H13BrClNO4S. The maximum absolute atomic E-state index is 12.5. The van der Waals surface area contributed by atoms with Crippen LogP contribution in [0.1, 0.15) is 6.42 Å². The average molecular weight is 383 g/mol. The van der Waals surface area contributed by atoms with E-state index >= 15 is 0 Å². The lowest BCUT2D eigenvalue weighted by Crippen LogP contribution is -2.30. The van der Waals surface area contributed by atoms with Gasteiger partial charge in [0.15, 0.2) is 0 Å². The van der Waals surface area contributed by atoms with Crippen molar-refractivity contribution in [2.45, 2.75) is 11.3 Å². The number of rotatable bonds is 3. The van der Waals surface area contributed by atoms with Crippen molar-refractivity contribution in [2.24, 2.45) is 5.92 Å². The van der Waals surface area contributed by atoms with E-state index in [1.165, 1.54) is 23.5 Å². The van der Waals surface area contributed by atoms with Gasteiger partial charge in [0, 0.05) is 17.6 Å². The standard InChI is InChI=1S/C12H13BrClNO4S/c1-19-12(16)8-4-5-15(7-8)20(17,18)11-3-2-9(13)6-10(11)14/h2-3,6,8H,4-5,7H2,1H3. The van der Waals surface area contributed by atoms with E-state index in [1.807, 2.05) is 0 Å². The Kier molecular flexibility index (Phi) is 4.73. The van der Waals surface area contributed by atoms with E-state index in [0.29, 0.717) is 10.9 Å². The Labute approximate surface area is 131 Å². The molecule has 1 aliphatic rings. The molecule has 0 aromatic heterocycles. The first-order chi connectivity index (χ1) is 9.36. The maximum Gasteiger partial charge on any atom is 0.310 e. The number of esters is 1. The number of benzene rings is 1. The molecule has 2 rings (SSSR count). The quantitative estimate of drug-likeness (QED) is 0.753. The van der Waals surface area contributed by atoms with E-state index in [9.17, 15) is 13.2 Å². The Balaban J connectivity index is 2.26. The van der Waals surface area contributed by atoms with E-state index in [0.717, 1.165) is 0 Å². The fourth-order valence-electron chi connectivity index (χ4n) is 2.13. The van der Waals surface area contributed by atoms with Crippen LogP contribution in [0.25, 0.3) is 0 Å². The van der Waals surface area contributed by atoms with Gasteiger partial charge in [-0.25, -0.2) is 8.42 Å². The van der Waals surface area contributed by atoms with Crippen LogP contribution in [0.3, 0.4) is 0 Å². The Morgan fingerprint density at radius 1 is 1.50 bits per heavy atom. The lowest BCUT2D eigenvalue weighted by molar-refractivity contribution is -0.144. The summed E-state index contributed by atoms with van der Waals surface area (Å²) in [6, 6.07) is 4.60. The summed E-state index contributed by atoms with van der Waals surface area (Å²) < 4.78 is 31.6. The SMILES string of the molecule is COC(=O)C1CCN(S(=O)(=O)c2ccc(Br)cc2Cl)C1. The molecule has 8 heteroatoms. The third-order valence-electron chi connectivity index (χ3n) is 3.20. The van der Waals surface area contributed by atoms with Crippen molar-refractivity contribution in [3.05, 3.63) is 27.7 Å². The van der Waals surface area contributed by atoms with Gasteiger partial charge in [0.25, 0.3) is 0 Å². The maximum atomic E-state index is 12.5. The summed E-state index contributed by atoms with van der Waals surface area (Å²) in [6.45, 7) is 0.413. The van der Waals surface area contributed by atoms with Crippen LogP contribution < -0.4 is 0 Å². The van der Waals surface area contributed by atoms with Gasteiger partial charge in [-0.3, -0.25) is 4.79 Å². The number of methoxy groups -OCH3 is 1. The number of carbonyl (C=O) groups is 1. The molecule has 0 spiro atoms. The van der Waals surface area contributed by atoms with Crippen LogP contribution >= 0.6 is 27.5 Å². The summed E-state index contributed by atoms with van der Waals surface area (Å²) in [5, 5.41) is 0.154. The number of ether oxygens (including phenoxy) is 1. The first kappa shape index (κ1) is 15.8. The molecule has 0 radical (unpaired) electrons. The summed E-state index contributed by atoms with van der Waals surface area (Å²) in [5.74, 6) is -0.798. The molecule has 1 heterocycles. The topological polar surface area (TPSA) is 63.7 Å². The van der Waals surface area contributed by atoms with Gasteiger partial charge in [-0.15, -0.1) is 0 Å². The van der Waals surface area contributed by atoms with Gasteiger partial charge < -0.3 is 4.74 Å². The van der Waals surface area contributed by atoms with Crippen molar-refractivity contribution in [2.75, 3.05) is 20.2 Å². The third kappa shape index (κ3) is 3.00. The zero-order valence-electron chi connectivity index (χ0n) is 10.7. The lowest BCUT2D eigenvalue weighted by atomic mass is 10.1. The third-order valence-corrected chi connectivity index (χ3v) is 6.04. The molecule has 0 amide bonds. The van der Waals surface area contributed by atoms with Crippen LogP contribution in [0.15, 0.2) is 27.6 Å². The minimum absolute atomic E-state index is 0.0490. The number of nitrogens with zero attached hydrogens (tertiary/aromatic N) is 1. The predicted molar refractivity (Wildman–Crippen MR) is 78.0 cm³/mol. The number of hydrogen-bond acceptors (Lipinski definition) is 4. The first-order valence-electron chi connectivity index (χ1n) is 5.89. The van der Waals surface area contributed by atoms with E-state index in [-0.39, 0.29) is 29.0 Å². The summed E-state index contributed by atoms with van der Waals surface area (Å²) in [5.41, 5.74) is 0. The fourth-order valence-corrected chi connectivity index (χ4v) is 4.64. The van der Waals surface area contributed by atoms with Crippen molar-refractivity contribution in [3.8, 4) is 0 Å². The molecule has 1 aromatic carbocycles. The van der Waals surface area contributed by atoms with Crippen molar-refractivity contribution in [3.63, 3.8) is 0 Å². The van der Waals surface area contributed by atoms with Gasteiger partial charge in [0.2, 0.25) is 10.0 Å². The van der Waals surface area contributed by atoms with Gasteiger partial charge in [0.05, 0.1) is 18.1 Å².